The predicted molar refractivity (Wildman–Crippen MR) is 127 cm³/mol. The van der Waals surface area contributed by atoms with E-state index in [0.717, 1.165) is 24.3 Å². The van der Waals surface area contributed by atoms with Gasteiger partial charge in [-0.05, 0) is 25.1 Å². The molecular formula is C21H28ClN5O4S. The Balaban J connectivity index is 0.00000289. The maximum atomic E-state index is 13.6. The fraction of sp³-hybridized carbons (Fsp3) is 0.476. The van der Waals surface area contributed by atoms with Crippen molar-refractivity contribution in [2.45, 2.75) is 13.5 Å². The predicted octanol–water partition coefficient (Wildman–Crippen LogP) is 2.93. The quantitative estimate of drug-likeness (QED) is 0.489. The number of anilines is 1. The summed E-state index contributed by atoms with van der Waals surface area (Å²) in [6, 6.07) is 5.44. The third kappa shape index (κ3) is 4.83. The number of aromatic nitrogens is 3. The van der Waals surface area contributed by atoms with Gasteiger partial charge >= 0.3 is 0 Å². The lowest BCUT2D eigenvalue weighted by molar-refractivity contribution is 0.0391. The number of morpholine rings is 1. The average Bonchev–Trinajstić information content (AvgIpc) is 3.46. The lowest BCUT2D eigenvalue weighted by atomic mass is 10.3. The normalized spacial score (nSPS) is 14.2. The van der Waals surface area contributed by atoms with Crippen LogP contribution in [0.4, 0.5) is 5.13 Å². The summed E-state index contributed by atoms with van der Waals surface area (Å²) in [6.45, 7) is 6.98. The molecular weight excluding hydrogens is 454 g/mol. The highest BCUT2D eigenvalue weighted by molar-refractivity contribution is 7.22. The van der Waals surface area contributed by atoms with Crippen LogP contribution in [-0.2, 0) is 11.3 Å². The number of hydrogen-bond acceptors (Lipinski definition) is 8. The first-order chi connectivity index (χ1) is 15.2. The van der Waals surface area contributed by atoms with E-state index in [1.165, 1.54) is 11.3 Å². The topological polar surface area (TPSA) is 82.0 Å². The second-order valence-electron chi connectivity index (χ2n) is 7.09. The van der Waals surface area contributed by atoms with Gasteiger partial charge in [0.05, 0.1) is 27.4 Å². The average molecular weight is 482 g/mol. The van der Waals surface area contributed by atoms with Gasteiger partial charge in [-0.2, -0.15) is 5.10 Å². The van der Waals surface area contributed by atoms with Crippen LogP contribution in [0.15, 0.2) is 24.4 Å². The van der Waals surface area contributed by atoms with Crippen LogP contribution in [0.25, 0.3) is 10.2 Å². The molecule has 0 aliphatic carbocycles. The molecule has 32 heavy (non-hydrogen) atoms. The van der Waals surface area contributed by atoms with Gasteiger partial charge in [0.1, 0.15) is 27.4 Å². The number of fused-ring (bicyclic) bond motifs is 1. The number of amides is 1. The Kier molecular flexibility index (Phi) is 8.30. The van der Waals surface area contributed by atoms with Gasteiger partial charge < -0.3 is 14.2 Å². The molecule has 0 N–H and O–H groups in total. The highest BCUT2D eigenvalue weighted by Crippen LogP contribution is 2.40. The van der Waals surface area contributed by atoms with Crippen molar-refractivity contribution in [1.82, 2.24) is 19.7 Å². The van der Waals surface area contributed by atoms with E-state index in [2.05, 4.69) is 10.00 Å². The van der Waals surface area contributed by atoms with Crippen molar-refractivity contribution in [3.05, 3.63) is 30.1 Å². The number of rotatable bonds is 8. The number of hydrogen-bond donors (Lipinski definition) is 0. The van der Waals surface area contributed by atoms with Gasteiger partial charge in [-0.25, -0.2) is 4.98 Å². The smallest absolute Gasteiger partial charge is 0.278 e. The van der Waals surface area contributed by atoms with Crippen LogP contribution < -0.4 is 14.4 Å². The monoisotopic (exact) mass is 481 g/mol. The largest absolute Gasteiger partial charge is 0.495 e. The van der Waals surface area contributed by atoms with E-state index in [1.54, 1.807) is 36.1 Å². The SMILES string of the molecule is CCn1nccc1C(=O)N(CCN1CCOCC1)c1nc2c(OC)ccc(OC)c2s1.Cl. The van der Waals surface area contributed by atoms with Crippen LogP contribution in [0.3, 0.4) is 0 Å². The standard InChI is InChI=1S/C21H27N5O4S.ClH/c1-4-26-15(7-8-22-26)20(27)25(10-9-24-11-13-30-14-12-24)21-23-18-16(28-2)5-6-17(29-3)19(18)31-21;/h5-8H,4,9-14H2,1-3H3;1H. The second kappa shape index (κ2) is 11.0. The van der Waals surface area contributed by atoms with Gasteiger partial charge in [0, 0.05) is 38.9 Å². The maximum absolute atomic E-state index is 13.6. The molecule has 1 saturated heterocycles. The molecule has 3 aromatic rings. The van der Waals surface area contributed by atoms with Crippen molar-refractivity contribution >= 4 is 45.0 Å². The first-order valence-corrected chi connectivity index (χ1v) is 11.1. The number of nitrogens with zero attached hydrogens (tertiary/aromatic N) is 5. The van der Waals surface area contributed by atoms with Crippen molar-refractivity contribution in [1.29, 1.82) is 0 Å². The fourth-order valence-corrected chi connectivity index (χ4v) is 4.74. The van der Waals surface area contributed by atoms with Gasteiger partial charge in [0.25, 0.3) is 5.91 Å². The zero-order valence-electron chi connectivity index (χ0n) is 18.4. The minimum Gasteiger partial charge on any atom is -0.495 e. The van der Waals surface area contributed by atoms with Gasteiger partial charge in [-0.3, -0.25) is 19.3 Å². The molecule has 0 saturated carbocycles. The Morgan fingerprint density at radius 3 is 2.59 bits per heavy atom. The molecule has 0 unspecified atom stereocenters. The number of ether oxygens (including phenoxy) is 3. The molecule has 1 aliphatic rings. The van der Waals surface area contributed by atoms with Gasteiger partial charge in [-0.1, -0.05) is 11.3 Å². The Morgan fingerprint density at radius 1 is 1.19 bits per heavy atom. The third-order valence-electron chi connectivity index (χ3n) is 5.35. The van der Waals surface area contributed by atoms with Crippen molar-refractivity contribution < 1.29 is 19.0 Å². The van der Waals surface area contributed by atoms with E-state index >= 15 is 0 Å². The van der Waals surface area contributed by atoms with Crippen molar-refractivity contribution in [2.24, 2.45) is 0 Å². The number of methoxy groups -OCH3 is 2. The first-order valence-electron chi connectivity index (χ1n) is 10.3. The third-order valence-corrected chi connectivity index (χ3v) is 6.45. The summed E-state index contributed by atoms with van der Waals surface area (Å²) in [7, 11) is 3.24. The van der Waals surface area contributed by atoms with Crippen LogP contribution in [0, 0.1) is 0 Å². The van der Waals surface area contributed by atoms with Crippen LogP contribution in [0.2, 0.25) is 0 Å². The van der Waals surface area contributed by atoms with Gasteiger partial charge in [0.15, 0.2) is 5.13 Å². The number of carbonyl (C=O) groups is 1. The zero-order chi connectivity index (χ0) is 21.8. The molecule has 1 aliphatic heterocycles. The molecule has 174 valence electrons. The van der Waals surface area contributed by atoms with Crippen LogP contribution in [0.1, 0.15) is 17.4 Å². The Morgan fingerprint density at radius 2 is 1.91 bits per heavy atom. The molecule has 2 aromatic heterocycles. The van der Waals surface area contributed by atoms with E-state index in [1.807, 2.05) is 19.1 Å². The zero-order valence-corrected chi connectivity index (χ0v) is 20.1. The summed E-state index contributed by atoms with van der Waals surface area (Å²) in [5, 5.41) is 4.88. The van der Waals surface area contributed by atoms with E-state index in [-0.39, 0.29) is 18.3 Å². The number of carbonyl (C=O) groups excluding carboxylic acids is 1. The van der Waals surface area contributed by atoms with Crippen molar-refractivity contribution in [3.63, 3.8) is 0 Å². The molecule has 1 aromatic carbocycles. The number of benzene rings is 1. The summed E-state index contributed by atoms with van der Waals surface area (Å²) in [6.07, 6.45) is 1.65. The van der Waals surface area contributed by atoms with Crippen LogP contribution >= 0.6 is 23.7 Å². The number of halogens is 1. The highest BCUT2D eigenvalue weighted by Gasteiger charge is 2.26. The molecule has 0 atom stereocenters. The molecule has 1 fully saturated rings. The van der Waals surface area contributed by atoms with E-state index < -0.39 is 0 Å². The minimum atomic E-state index is -0.121. The van der Waals surface area contributed by atoms with Gasteiger partial charge in [-0.15, -0.1) is 12.4 Å². The van der Waals surface area contributed by atoms with E-state index in [4.69, 9.17) is 19.2 Å². The molecule has 0 spiro atoms. The lowest BCUT2D eigenvalue weighted by Gasteiger charge is -2.29. The summed E-state index contributed by atoms with van der Waals surface area (Å²) < 4.78 is 19.0. The van der Waals surface area contributed by atoms with E-state index in [0.29, 0.717) is 54.1 Å². The summed E-state index contributed by atoms with van der Waals surface area (Å²) in [4.78, 5) is 22.4. The second-order valence-corrected chi connectivity index (χ2v) is 8.06. The fourth-order valence-electron chi connectivity index (χ4n) is 3.64. The number of thiazole rings is 1. The van der Waals surface area contributed by atoms with Gasteiger partial charge in [0.2, 0.25) is 0 Å². The molecule has 0 bridgehead atoms. The Bertz CT molecular complexity index is 1010. The Labute approximate surface area is 197 Å². The Hall–Kier alpha value is -2.40. The van der Waals surface area contributed by atoms with Crippen molar-refractivity contribution in [3.8, 4) is 11.5 Å². The van der Waals surface area contributed by atoms with Crippen molar-refractivity contribution in [2.75, 3.05) is 58.5 Å². The summed E-state index contributed by atoms with van der Waals surface area (Å²) >= 11 is 1.43. The molecule has 1 amide bonds. The molecule has 3 heterocycles. The molecule has 4 rings (SSSR count). The summed E-state index contributed by atoms with van der Waals surface area (Å²) in [5.41, 5.74) is 1.23. The van der Waals surface area contributed by atoms with Crippen LogP contribution in [-0.4, -0.2) is 79.2 Å². The van der Waals surface area contributed by atoms with Crippen LogP contribution in [0.5, 0.6) is 11.5 Å². The lowest BCUT2D eigenvalue weighted by Crippen LogP contribution is -2.43. The molecule has 11 heteroatoms. The highest BCUT2D eigenvalue weighted by atomic mass is 35.5. The minimum absolute atomic E-state index is 0. The first kappa shape index (κ1) is 24.2. The molecule has 0 radical (unpaired) electrons. The van der Waals surface area contributed by atoms with E-state index in [9.17, 15) is 4.79 Å². The maximum Gasteiger partial charge on any atom is 0.278 e. The summed E-state index contributed by atoms with van der Waals surface area (Å²) in [5.74, 6) is 1.24. The number of aryl methyl sites for hydroxylation is 1. The molecule has 9 nitrogen and oxygen atoms in total.